The van der Waals surface area contributed by atoms with Crippen LogP contribution in [0.3, 0.4) is 0 Å². The summed E-state index contributed by atoms with van der Waals surface area (Å²) >= 11 is 0. The molecular formula is C10H12N6O. The molecule has 0 atom stereocenters. The van der Waals surface area contributed by atoms with Gasteiger partial charge in [0.25, 0.3) is 5.56 Å². The van der Waals surface area contributed by atoms with E-state index in [9.17, 15) is 4.79 Å². The van der Waals surface area contributed by atoms with E-state index in [2.05, 4.69) is 20.3 Å². The van der Waals surface area contributed by atoms with Crippen LogP contribution in [0.2, 0.25) is 0 Å². The van der Waals surface area contributed by atoms with Crippen LogP contribution in [0.4, 0.5) is 17.5 Å². The van der Waals surface area contributed by atoms with Gasteiger partial charge in [0.05, 0.1) is 0 Å². The first kappa shape index (κ1) is 10.9. The van der Waals surface area contributed by atoms with E-state index in [1.807, 2.05) is 12.1 Å². The molecule has 7 heteroatoms. The highest BCUT2D eigenvalue weighted by molar-refractivity contribution is 5.61. The van der Waals surface area contributed by atoms with Crippen molar-refractivity contribution in [1.29, 1.82) is 0 Å². The number of nitrogens with zero attached hydrogens (tertiary/aromatic N) is 2. The summed E-state index contributed by atoms with van der Waals surface area (Å²) in [6.07, 6.45) is 3.34. The Labute approximate surface area is 96.9 Å². The highest BCUT2D eigenvalue weighted by atomic mass is 16.1. The van der Waals surface area contributed by atoms with Crippen LogP contribution < -0.4 is 22.3 Å². The fourth-order valence-corrected chi connectivity index (χ4v) is 1.37. The standard InChI is InChI=1S/C10H12N6O/c11-8-7(9(17)16-10(12)15-8)14-5-6-1-3-13-4-2-6/h1-4,14H,5H2,(H5,11,12,15,16,17). The molecule has 0 aromatic carbocycles. The summed E-state index contributed by atoms with van der Waals surface area (Å²) < 4.78 is 0. The molecule has 2 heterocycles. The van der Waals surface area contributed by atoms with Gasteiger partial charge in [0.2, 0.25) is 5.95 Å². The van der Waals surface area contributed by atoms with Crippen molar-refractivity contribution < 1.29 is 0 Å². The second-order valence-electron chi connectivity index (χ2n) is 3.42. The zero-order chi connectivity index (χ0) is 12.3. The number of pyridine rings is 1. The lowest BCUT2D eigenvalue weighted by Gasteiger charge is -2.07. The minimum atomic E-state index is -0.385. The molecule has 0 unspecified atom stereocenters. The van der Waals surface area contributed by atoms with Crippen LogP contribution in [-0.2, 0) is 6.54 Å². The number of hydrogen-bond donors (Lipinski definition) is 4. The van der Waals surface area contributed by atoms with Gasteiger partial charge in [-0.3, -0.25) is 14.8 Å². The molecule has 2 aromatic heterocycles. The first-order valence-electron chi connectivity index (χ1n) is 4.95. The number of nitrogens with one attached hydrogen (secondary N) is 2. The molecule has 0 spiro atoms. The molecule has 0 aliphatic carbocycles. The topological polar surface area (TPSA) is 123 Å². The van der Waals surface area contributed by atoms with E-state index < -0.39 is 0 Å². The maximum atomic E-state index is 11.6. The van der Waals surface area contributed by atoms with Crippen molar-refractivity contribution in [2.24, 2.45) is 0 Å². The van der Waals surface area contributed by atoms with Crippen LogP contribution in [0.1, 0.15) is 5.56 Å². The number of anilines is 3. The summed E-state index contributed by atoms with van der Waals surface area (Å²) in [6, 6.07) is 3.67. The van der Waals surface area contributed by atoms with E-state index in [-0.39, 0.29) is 23.0 Å². The summed E-state index contributed by atoms with van der Waals surface area (Å²) in [5, 5.41) is 2.91. The molecule has 0 fully saturated rings. The van der Waals surface area contributed by atoms with Crippen LogP contribution in [0.15, 0.2) is 29.3 Å². The molecule has 0 aliphatic rings. The molecule has 0 bridgehead atoms. The monoisotopic (exact) mass is 232 g/mol. The van der Waals surface area contributed by atoms with Crippen LogP contribution in [0.5, 0.6) is 0 Å². The predicted molar refractivity (Wildman–Crippen MR) is 65.2 cm³/mol. The fourth-order valence-electron chi connectivity index (χ4n) is 1.37. The van der Waals surface area contributed by atoms with Gasteiger partial charge in [-0.15, -0.1) is 0 Å². The van der Waals surface area contributed by atoms with E-state index in [0.29, 0.717) is 6.54 Å². The van der Waals surface area contributed by atoms with Crippen molar-refractivity contribution in [2.75, 3.05) is 16.8 Å². The van der Waals surface area contributed by atoms with Gasteiger partial charge in [0, 0.05) is 18.9 Å². The summed E-state index contributed by atoms with van der Waals surface area (Å²) in [5.74, 6) is 0.0854. The minimum absolute atomic E-state index is 0.00182. The SMILES string of the molecule is Nc1nc(N)c(NCc2ccncc2)c(=O)[nH]1. The van der Waals surface area contributed by atoms with Gasteiger partial charge in [0.1, 0.15) is 5.69 Å². The average Bonchev–Trinajstić information content (AvgIpc) is 2.29. The highest BCUT2D eigenvalue weighted by Gasteiger charge is 2.06. The third-order valence-corrected chi connectivity index (χ3v) is 2.18. The van der Waals surface area contributed by atoms with E-state index >= 15 is 0 Å². The molecule has 0 amide bonds. The number of H-pyrrole nitrogens is 1. The molecule has 88 valence electrons. The number of aromatic nitrogens is 3. The Bertz CT molecular complexity index is 565. The Morgan fingerprint density at radius 1 is 1.29 bits per heavy atom. The predicted octanol–water partition coefficient (Wildman–Crippen LogP) is -0.0586. The molecule has 0 saturated heterocycles. The normalized spacial score (nSPS) is 10.1. The van der Waals surface area contributed by atoms with Gasteiger partial charge < -0.3 is 16.8 Å². The molecule has 0 radical (unpaired) electrons. The van der Waals surface area contributed by atoms with Gasteiger partial charge in [-0.2, -0.15) is 4.98 Å². The maximum Gasteiger partial charge on any atom is 0.277 e. The lowest BCUT2D eigenvalue weighted by Crippen LogP contribution is -2.19. The summed E-state index contributed by atoms with van der Waals surface area (Å²) in [6.45, 7) is 0.460. The van der Waals surface area contributed by atoms with Crippen molar-refractivity contribution >= 4 is 17.5 Å². The molecule has 2 aromatic rings. The third-order valence-electron chi connectivity index (χ3n) is 2.18. The Morgan fingerprint density at radius 2 is 2.00 bits per heavy atom. The van der Waals surface area contributed by atoms with Gasteiger partial charge in [-0.25, -0.2) is 0 Å². The van der Waals surface area contributed by atoms with E-state index in [0.717, 1.165) is 5.56 Å². The number of nitrogens with two attached hydrogens (primary N) is 2. The molecule has 7 nitrogen and oxygen atoms in total. The molecule has 0 saturated carbocycles. The van der Waals surface area contributed by atoms with E-state index in [1.165, 1.54) is 0 Å². The first-order valence-corrected chi connectivity index (χ1v) is 4.95. The largest absolute Gasteiger partial charge is 0.382 e. The smallest absolute Gasteiger partial charge is 0.277 e. The first-order chi connectivity index (χ1) is 8.16. The minimum Gasteiger partial charge on any atom is -0.382 e. The van der Waals surface area contributed by atoms with Crippen molar-refractivity contribution in [1.82, 2.24) is 15.0 Å². The van der Waals surface area contributed by atoms with Gasteiger partial charge >= 0.3 is 0 Å². The van der Waals surface area contributed by atoms with Crippen LogP contribution in [0, 0.1) is 0 Å². The number of aromatic amines is 1. The van der Waals surface area contributed by atoms with E-state index in [1.54, 1.807) is 12.4 Å². The third kappa shape index (κ3) is 2.51. The Morgan fingerprint density at radius 3 is 2.65 bits per heavy atom. The Balaban J connectivity index is 2.18. The van der Waals surface area contributed by atoms with Crippen molar-refractivity contribution in [3.05, 3.63) is 40.4 Å². The second-order valence-corrected chi connectivity index (χ2v) is 3.42. The van der Waals surface area contributed by atoms with Gasteiger partial charge in [-0.1, -0.05) is 0 Å². The van der Waals surface area contributed by atoms with Crippen molar-refractivity contribution in [2.45, 2.75) is 6.54 Å². The zero-order valence-corrected chi connectivity index (χ0v) is 8.97. The average molecular weight is 232 g/mol. The van der Waals surface area contributed by atoms with Crippen molar-refractivity contribution in [3.63, 3.8) is 0 Å². The zero-order valence-electron chi connectivity index (χ0n) is 8.97. The molecule has 6 N–H and O–H groups in total. The maximum absolute atomic E-state index is 11.6. The van der Waals surface area contributed by atoms with Crippen molar-refractivity contribution in [3.8, 4) is 0 Å². The highest BCUT2D eigenvalue weighted by Crippen LogP contribution is 2.10. The summed E-state index contributed by atoms with van der Waals surface area (Å²) in [7, 11) is 0. The second kappa shape index (κ2) is 4.52. The Kier molecular flexibility index (Phi) is 2.91. The quantitative estimate of drug-likeness (QED) is 0.588. The van der Waals surface area contributed by atoms with Crippen LogP contribution in [0.25, 0.3) is 0 Å². The number of rotatable bonds is 3. The Hall–Kier alpha value is -2.57. The number of hydrogen-bond acceptors (Lipinski definition) is 6. The molecule has 0 aliphatic heterocycles. The van der Waals surface area contributed by atoms with E-state index in [4.69, 9.17) is 11.5 Å². The summed E-state index contributed by atoms with van der Waals surface area (Å²) in [5.41, 5.74) is 11.8. The summed E-state index contributed by atoms with van der Waals surface area (Å²) in [4.78, 5) is 21.6. The van der Waals surface area contributed by atoms with Gasteiger partial charge in [-0.05, 0) is 17.7 Å². The van der Waals surface area contributed by atoms with Crippen LogP contribution in [-0.4, -0.2) is 15.0 Å². The molecule has 17 heavy (non-hydrogen) atoms. The van der Waals surface area contributed by atoms with Gasteiger partial charge in [0.15, 0.2) is 5.82 Å². The lowest BCUT2D eigenvalue weighted by atomic mass is 10.2. The molecule has 2 rings (SSSR count). The fraction of sp³-hybridized carbons (Fsp3) is 0.100. The van der Waals surface area contributed by atoms with Crippen LogP contribution >= 0.6 is 0 Å². The lowest BCUT2D eigenvalue weighted by molar-refractivity contribution is 1.08. The molecular weight excluding hydrogens is 220 g/mol. The number of nitrogen functional groups attached to an aromatic ring is 2.